The fourth-order valence-electron chi connectivity index (χ4n) is 2.89. The van der Waals surface area contributed by atoms with Crippen molar-refractivity contribution in [2.75, 3.05) is 33.9 Å². The van der Waals surface area contributed by atoms with Crippen LogP contribution in [0.1, 0.15) is 30.7 Å². The Morgan fingerprint density at radius 2 is 2.25 bits per heavy atom. The van der Waals surface area contributed by atoms with Crippen LogP contribution in [-0.4, -0.2) is 50.8 Å². The van der Waals surface area contributed by atoms with Crippen LogP contribution in [0.15, 0.2) is 23.2 Å². The summed E-state index contributed by atoms with van der Waals surface area (Å²) in [5, 5.41) is 3.90. The van der Waals surface area contributed by atoms with Crippen molar-refractivity contribution in [3.63, 3.8) is 0 Å². The first-order valence-electron chi connectivity index (χ1n) is 8.56. The van der Waals surface area contributed by atoms with Crippen molar-refractivity contribution in [2.45, 2.75) is 31.2 Å². The first-order chi connectivity index (χ1) is 11.6. The normalized spacial score (nSPS) is 23.2. The fraction of sp³-hybridized carbons (Fsp3) is 0.611. The summed E-state index contributed by atoms with van der Waals surface area (Å²) in [6.45, 7) is 2.35. The molecule has 132 valence electrons. The second-order valence-corrected chi connectivity index (χ2v) is 7.12. The molecule has 2 saturated carbocycles. The van der Waals surface area contributed by atoms with Gasteiger partial charge in [0.2, 0.25) is 0 Å². The topological polar surface area (TPSA) is 36.9 Å². The third-order valence-corrected chi connectivity index (χ3v) is 5.00. The van der Waals surface area contributed by atoms with Crippen molar-refractivity contribution < 1.29 is 9.13 Å². The summed E-state index contributed by atoms with van der Waals surface area (Å²) in [5.41, 5.74) is 0.613. The molecule has 3 rings (SSSR count). The zero-order chi connectivity index (χ0) is 17.1. The number of halogens is 2. The molecule has 2 fully saturated rings. The van der Waals surface area contributed by atoms with Crippen molar-refractivity contribution in [2.24, 2.45) is 10.9 Å². The molecule has 0 heterocycles. The van der Waals surface area contributed by atoms with E-state index in [1.165, 1.54) is 18.9 Å². The van der Waals surface area contributed by atoms with Gasteiger partial charge in [0.05, 0.1) is 6.61 Å². The van der Waals surface area contributed by atoms with Gasteiger partial charge in [0.25, 0.3) is 0 Å². The number of hydrogen-bond donors (Lipinski definition) is 1. The molecule has 0 saturated heterocycles. The summed E-state index contributed by atoms with van der Waals surface area (Å²) in [7, 11) is 3.75. The number of hydrogen-bond acceptors (Lipinski definition) is 2. The van der Waals surface area contributed by atoms with Crippen LogP contribution in [0.4, 0.5) is 4.39 Å². The molecule has 4 nitrogen and oxygen atoms in total. The Balaban J connectivity index is 1.47. The summed E-state index contributed by atoms with van der Waals surface area (Å²) >= 11 is 6.15. The van der Waals surface area contributed by atoms with E-state index in [4.69, 9.17) is 16.3 Å². The maximum atomic E-state index is 14.0. The number of likely N-dealkylation sites (N-methyl/N-ethyl adjacent to an activating group) is 1. The molecule has 0 aliphatic heterocycles. The number of rotatable bonds is 7. The average Bonchev–Trinajstić information content (AvgIpc) is 3.46. The maximum Gasteiger partial charge on any atom is 0.193 e. The highest BCUT2D eigenvalue weighted by Gasteiger charge is 2.42. The lowest BCUT2D eigenvalue weighted by atomic mass is 10.1. The summed E-state index contributed by atoms with van der Waals surface area (Å²) in [5.74, 6) is 1.47. The highest BCUT2D eigenvalue weighted by atomic mass is 35.5. The van der Waals surface area contributed by atoms with Gasteiger partial charge in [-0.3, -0.25) is 4.99 Å². The fourth-order valence-corrected chi connectivity index (χ4v) is 3.19. The van der Waals surface area contributed by atoms with Crippen LogP contribution < -0.4 is 5.32 Å². The monoisotopic (exact) mass is 353 g/mol. The first kappa shape index (κ1) is 17.5. The predicted molar refractivity (Wildman–Crippen MR) is 95.2 cm³/mol. The van der Waals surface area contributed by atoms with Crippen molar-refractivity contribution >= 4 is 17.6 Å². The molecule has 24 heavy (non-hydrogen) atoms. The minimum Gasteiger partial charge on any atom is -0.379 e. The first-order valence-corrected chi connectivity index (χ1v) is 8.94. The average molecular weight is 354 g/mol. The summed E-state index contributed by atoms with van der Waals surface area (Å²) < 4.78 is 19.7. The lowest BCUT2D eigenvalue weighted by Gasteiger charge is -2.22. The molecule has 0 radical (unpaired) electrons. The standard InChI is InChI=1S/C18H25ClFN3O/c1-21-18(23(2)8-9-24-11-12-6-7-12)22-16-10-13(16)17-14(19)4-3-5-15(17)20/h3-5,12-13,16H,6-11H2,1-2H3,(H,21,22). The third-order valence-electron chi connectivity index (χ3n) is 4.67. The molecule has 2 unspecified atom stereocenters. The Morgan fingerprint density at radius 1 is 1.46 bits per heavy atom. The minimum atomic E-state index is -0.228. The second kappa shape index (κ2) is 7.70. The molecule has 1 N–H and O–H groups in total. The van der Waals surface area contributed by atoms with Gasteiger partial charge in [0.1, 0.15) is 5.82 Å². The van der Waals surface area contributed by atoms with E-state index in [1.54, 1.807) is 19.2 Å². The van der Waals surface area contributed by atoms with Gasteiger partial charge >= 0.3 is 0 Å². The molecular weight excluding hydrogens is 329 g/mol. The molecule has 0 bridgehead atoms. The van der Waals surface area contributed by atoms with Crippen LogP contribution in [0.2, 0.25) is 5.02 Å². The number of nitrogens with zero attached hydrogens (tertiary/aromatic N) is 2. The van der Waals surface area contributed by atoms with Crippen LogP contribution in [0.3, 0.4) is 0 Å². The second-order valence-electron chi connectivity index (χ2n) is 6.72. The predicted octanol–water partition coefficient (Wildman–Crippen LogP) is 3.27. The van der Waals surface area contributed by atoms with Gasteiger partial charge in [-0.1, -0.05) is 17.7 Å². The van der Waals surface area contributed by atoms with Crippen molar-refractivity contribution in [1.82, 2.24) is 10.2 Å². The number of aliphatic imine (C=N–C) groups is 1. The molecule has 0 spiro atoms. The van der Waals surface area contributed by atoms with Crippen LogP contribution in [0, 0.1) is 11.7 Å². The van der Waals surface area contributed by atoms with Gasteiger partial charge < -0.3 is 15.0 Å². The molecule has 6 heteroatoms. The highest BCUT2D eigenvalue weighted by molar-refractivity contribution is 6.31. The molecule has 2 atom stereocenters. The minimum absolute atomic E-state index is 0.106. The number of benzene rings is 1. The molecule has 2 aliphatic carbocycles. The molecule has 0 aromatic heterocycles. The van der Waals surface area contributed by atoms with E-state index in [0.717, 1.165) is 31.4 Å². The largest absolute Gasteiger partial charge is 0.379 e. The molecule has 1 aromatic carbocycles. The summed E-state index contributed by atoms with van der Waals surface area (Å²) in [6, 6.07) is 5.02. The van der Waals surface area contributed by atoms with E-state index in [9.17, 15) is 4.39 Å². The van der Waals surface area contributed by atoms with Crippen LogP contribution >= 0.6 is 11.6 Å². The van der Waals surface area contributed by atoms with Gasteiger partial charge in [-0.15, -0.1) is 0 Å². The van der Waals surface area contributed by atoms with E-state index in [2.05, 4.69) is 10.3 Å². The zero-order valence-corrected chi connectivity index (χ0v) is 15.0. The molecular formula is C18H25ClFN3O. The zero-order valence-electron chi connectivity index (χ0n) is 14.3. The van der Waals surface area contributed by atoms with E-state index < -0.39 is 0 Å². The van der Waals surface area contributed by atoms with Gasteiger partial charge in [0, 0.05) is 49.8 Å². The summed E-state index contributed by atoms with van der Waals surface area (Å²) in [4.78, 5) is 6.36. The van der Waals surface area contributed by atoms with E-state index in [1.807, 2.05) is 11.9 Å². The third kappa shape index (κ3) is 4.39. The maximum absolute atomic E-state index is 14.0. The van der Waals surface area contributed by atoms with Crippen molar-refractivity contribution in [3.8, 4) is 0 Å². The molecule has 2 aliphatic rings. The Bertz CT molecular complexity index is 586. The van der Waals surface area contributed by atoms with Gasteiger partial charge in [-0.05, 0) is 37.3 Å². The number of nitrogens with one attached hydrogen (secondary N) is 1. The smallest absolute Gasteiger partial charge is 0.193 e. The van der Waals surface area contributed by atoms with Gasteiger partial charge in [-0.25, -0.2) is 4.39 Å². The van der Waals surface area contributed by atoms with E-state index in [-0.39, 0.29) is 17.8 Å². The SMILES string of the molecule is CN=C(NC1CC1c1c(F)cccc1Cl)N(C)CCOCC1CC1. The van der Waals surface area contributed by atoms with Crippen LogP contribution in [0.25, 0.3) is 0 Å². The Hall–Kier alpha value is -1.33. The van der Waals surface area contributed by atoms with Gasteiger partial charge in [0.15, 0.2) is 5.96 Å². The van der Waals surface area contributed by atoms with Crippen LogP contribution in [-0.2, 0) is 4.74 Å². The van der Waals surface area contributed by atoms with Gasteiger partial charge in [-0.2, -0.15) is 0 Å². The lowest BCUT2D eigenvalue weighted by Crippen LogP contribution is -2.42. The molecule has 0 amide bonds. The Morgan fingerprint density at radius 3 is 2.92 bits per heavy atom. The quantitative estimate of drug-likeness (QED) is 0.464. The Kier molecular flexibility index (Phi) is 5.61. The van der Waals surface area contributed by atoms with Crippen molar-refractivity contribution in [3.05, 3.63) is 34.6 Å². The Labute approximate surface area is 148 Å². The van der Waals surface area contributed by atoms with E-state index >= 15 is 0 Å². The lowest BCUT2D eigenvalue weighted by molar-refractivity contribution is 0.115. The summed E-state index contributed by atoms with van der Waals surface area (Å²) in [6.07, 6.45) is 3.48. The number of guanidine groups is 1. The highest BCUT2D eigenvalue weighted by Crippen LogP contribution is 2.44. The van der Waals surface area contributed by atoms with Crippen molar-refractivity contribution in [1.29, 1.82) is 0 Å². The molecule has 1 aromatic rings. The van der Waals surface area contributed by atoms with Crippen LogP contribution in [0.5, 0.6) is 0 Å². The number of ether oxygens (including phenoxy) is 1. The van der Waals surface area contributed by atoms with E-state index in [0.29, 0.717) is 17.2 Å².